The smallest absolute Gasteiger partial charge is 0.228 e. The molecule has 2 aromatic heterocycles. The Morgan fingerprint density at radius 1 is 0.857 bits per heavy atom. The second-order valence-corrected chi connectivity index (χ2v) is 6.94. The van der Waals surface area contributed by atoms with Gasteiger partial charge in [0.2, 0.25) is 11.8 Å². The Bertz CT molecular complexity index is 961. The van der Waals surface area contributed by atoms with Gasteiger partial charge in [-0.25, -0.2) is 4.98 Å². The van der Waals surface area contributed by atoms with Gasteiger partial charge in [-0.05, 0) is 24.3 Å². The van der Waals surface area contributed by atoms with Gasteiger partial charge in [0.15, 0.2) is 0 Å². The summed E-state index contributed by atoms with van der Waals surface area (Å²) in [7, 11) is 0. The molecule has 7 nitrogen and oxygen atoms in total. The van der Waals surface area contributed by atoms with E-state index in [1.807, 2.05) is 56.8 Å². The number of para-hydroxylation sites is 2. The van der Waals surface area contributed by atoms with E-state index in [9.17, 15) is 9.59 Å². The predicted molar refractivity (Wildman–Crippen MR) is 105 cm³/mol. The van der Waals surface area contributed by atoms with Crippen molar-refractivity contribution in [1.29, 1.82) is 0 Å². The number of nitrogens with zero attached hydrogens (tertiary/aromatic N) is 5. The Hall–Kier alpha value is -3.22. The molecule has 0 unspecified atom stereocenters. The van der Waals surface area contributed by atoms with Gasteiger partial charge >= 0.3 is 0 Å². The van der Waals surface area contributed by atoms with Crippen LogP contribution in [0.2, 0.25) is 0 Å². The van der Waals surface area contributed by atoms with Crippen molar-refractivity contribution < 1.29 is 9.59 Å². The van der Waals surface area contributed by atoms with Crippen molar-refractivity contribution in [2.75, 3.05) is 26.2 Å². The summed E-state index contributed by atoms with van der Waals surface area (Å²) in [6.45, 7) is 2.92. The summed E-state index contributed by atoms with van der Waals surface area (Å²) in [6, 6.07) is 13.5. The lowest BCUT2D eigenvalue weighted by molar-refractivity contribution is -0.139. The number of fused-ring (bicyclic) bond motifs is 1. The Morgan fingerprint density at radius 2 is 1.57 bits per heavy atom. The van der Waals surface area contributed by atoms with Gasteiger partial charge in [0.1, 0.15) is 0 Å². The van der Waals surface area contributed by atoms with Gasteiger partial charge in [-0.3, -0.25) is 14.6 Å². The van der Waals surface area contributed by atoms with E-state index in [0.717, 1.165) is 16.7 Å². The zero-order valence-electron chi connectivity index (χ0n) is 15.7. The average molecular weight is 377 g/mol. The first-order valence-electron chi connectivity index (χ1n) is 9.56. The highest BCUT2D eigenvalue weighted by molar-refractivity contribution is 5.80. The summed E-state index contributed by atoms with van der Waals surface area (Å²) in [5.41, 5.74) is 2.76. The second-order valence-electron chi connectivity index (χ2n) is 6.94. The minimum Gasteiger partial charge on any atom is -0.339 e. The van der Waals surface area contributed by atoms with E-state index in [2.05, 4.69) is 9.97 Å². The Kier molecular flexibility index (Phi) is 5.32. The number of pyridine rings is 1. The lowest BCUT2D eigenvalue weighted by Gasteiger charge is -2.35. The van der Waals surface area contributed by atoms with E-state index in [1.165, 1.54) is 0 Å². The monoisotopic (exact) mass is 377 g/mol. The van der Waals surface area contributed by atoms with Crippen molar-refractivity contribution >= 4 is 22.8 Å². The molecule has 0 radical (unpaired) electrons. The average Bonchev–Trinajstić information content (AvgIpc) is 3.16. The predicted octanol–water partition coefficient (Wildman–Crippen LogP) is 1.73. The summed E-state index contributed by atoms with van der Waals surface area (Å²) in [5.74, 6) is 0.185. The maximum Gasteiger partial charge on any atom is 0.228 e. The molecule has 1 aromatic carbocycles. The molecule has 1 saturated heterocycles. The summed E-state index contributed by atoms with van der Waals surface area (Å²) in [5, 5.41) is 0. The van der Waals surface area contributed by atoms with Crippen LogP contribution in [0.4, 0.5) is 0 Å². The van der Waals surface area contributed by atoms with E-state index in [-0.39, 0.29) is 11.8 Å². The van der Waals surface area contributed by atoms with Gasteiger partial charge in [0.05, 0.1) is 23.8 Å². The maximum atomic E-state index is 12.6. The number of amides is 2. The van der Waals surface area contributed by atoms with E-state index in [1.54, 1.807) is 12.5 Å². The lowest BCUT2D eigenvalue weighted by atomic mass is 10.2. The number of aryl methyl sites for hydroxylation is 1. The molecule has 0 atom stereocenters. The number of aromatic nitrogens is 3. The number of carbonyl (C=O) groups excluding carboxylic acids is 2. The van der Waals surface area contributed by atoms with Crippen LogP contribution in [-0.2, 0) is 22.6 Å². The van der Waals surface area contributed by atoms with Gasteiger partial charge in [0.25, 0.3) is 0 Å². The molecular weight excluding hydrogens is 354 g/mol. The molecule has 1 aliphatic rings. The number of imidazole rings is 1. The van der Waals surface area contributed by atoms with Crippen LogP contribution in [0, 0.1) is 0 Å². The van der Waals surface area contributed by atoms with Gasteiger partial charge in [0, 0.05) is 51.0 Å². The molecule has 7 heteroatoms. The highest BCUT2D eigenvalue weighted by Crippen LogP contribution is 2.13. The molecule has 0 aliphatic carbocycles. The largest absolute Gasteiger partial charge is 0.339 e. The van der Waals surface area contributed by atoms with E-state index < -0.39 is 0 Å². The molecule has 0 N–H and O–H groups in total. The zero-order chi connectivity index (χ0) is 19.3. The van der Waals surface area contributed by atoms with Crippen molar-refractivity contribution in [3.05, 3.63) is 60.7 Å². The minimum atomic E-state index is 0.0654. The van der Waals surface area contributed by atoms with Gasteiger partial charge in [-0.15, -0.1) is 0 Å². The highest BCUT2D eigenvalue weighted by Gasteiger charge is 2.24. The van der Waals surface area contributed by atoms with Crippen molar-refractivity contribution in [2.24, 2.45) is 0 Å². The van der Waals surface area contributed by atoms with Crippen LogP contribution in [0.3, 0.4) is 0 Å². The van der Waals surface area contributed by atoms with Crippen LogP contribution in [-0.4, -0.2) is 62.3 Å². The number of carbonyl (C=O) groups is 2. The molecule has 3 aromatic rings. The lowest BCUT2D eigenvalue weighted by Crippen LogP contribution is -2.51. The van der Waals surface area contributed by atoms with Crippen LogP contribution < -0.4 is 0 Å². The number of benzene rings is 1. The Balaban J connectivity index is 1.26. The topological polar surface area (TPSA) is 71.3 Å². The molecule has 0 spiro atoms. The number of hydrogen-bond donors (Lipinski definition) is 0. The highest BCUT2D eigenvalue weighted by atomic mass is 16.2. The van der Waals surface area contributed by atoms with Crippen LogP contribution in [0.1, 0.15) is 12.1 Å². The van der Waals surface area contributed by atoms with Crippen molar-refractivity contribution in [3.8, 4) is 0 Å². The Morgan fingerprint density at radius 3 is 2.32 bits per heavy atom. The first-order chi connectivity index (χ1) is 13.7. The first-order valence-corrected chi connectivity index (χ1v) is 9.56. The fourth-order valence-corrected chi connectivity index (χ4v) is 3.54. The summed E-state index contributed by atoms with van der Waals surface area (Å²) < 4.78 is 2.01. The van der Waals surface area contributed by atoms with Crippen LogP contribution in [0.15, 0.2) is 55.0 Å². The third-order valence-corrected chi connectivity index (χ3v) is 5.14. The van der Waals surface area contributed by atoms with E-state index in [4.69, 9.17) is 0 Å². The van der Waals surface area contributed by atoms with Crippen LogP contribution in [0.25, 0.3) is 11.0 Å². The van der Waals surface area contributed by atoms with Crippen molar-refractivity contribution in [2.45, 2.75) is 19.4 Å². The maximum absolute atomic E-state index is 12.6. The molecule has 0 bridgehead atoms. The first kappa shape index (κ1) is 18.2. The number of piperazine rings is 1. The second kappa shape index (κ2) is 8.21. The van der Waals surface area contributed by atoms with Crippen molar-refractivity contribution in [3.63, 3.8) is 0 Å². The fraction of sp³-hybridized carbons (Fsp3) is 0.333. The number of hydrogen-bond acceptors (Lipinski definition) is 4. The zero-order valence-corrected chi connectivity index (χ0v) is 15.7. The van der Waals surface area contributed by atoms with E-state index in [0.29, 0.717) is 45.6 Å². The third-order valence-electron chi connectivity index (χ3n) is 5.14. The molecule has 1 aliphatic heterocycles. The fourth-order valence-electron chi connectivity index (χ4n) is 3.54. The molecular formula is C21H23N5O2. The van der Waals surface area contributed by atoms with Gasteiger partial charge in [-0.2, -0.15) is 0 Å². The molecule has 0 saturated carbocycles. The third kappa shape index (κ3) is 4.03. The molecule has 144 valence electrons. The molecule has 28 heavy (non-hydrogen) atoms. The standard InChI is InChI=1S/C21H23N5O2/c27-20(8-10-26-16-23-18-6-1-2-7-19(18)26)24-11-13-25(14-12-24)21(28)15-17-5-3-4-9-22-17/h1-7,9,16H,8,10-15H2. The summed E-state index contributed by atoms with van der Waals surface area (Å²) in [4.78, 5) is 37.2. The normalized spacial score (nSPS) is 14.4. The molecule has 3 heterocycles. The van der Waals surface area contributed by atoms with Gasteiger partial charge in [-0.1, -0.05) is 18.2 Å². The van der Waals surface area contributed by atoms with Crippen LogP contribution in [0.5, 0.6) is 0 Å². The SMILES string of the molecule is O=C(CCn1cnc2ccccc21)N1CCN(C(=O)Cc2ccccn2)CC1. The molecule has 4 rings (SSSR count). The summed E-state index contributed by atoms with van der Waals surface area (Å²) >= 11 is 0. The molecule has 1 fully saturated rings. The molecule has 2 amide bonds. The van der Waals surface area contributed by atoms with E-state index >= 15 is 0 Å². The minimum absolute atomic E-state index is 0.0654. The Labute approximate surface area is 163 Å². The van der Waals surface area contributed by atoms with Crippen molar-refractivity contribution in [1.82, 2.24) is 24.3 Å². The van der Waals surface area contributed by atoms with Gasteiger partial charge < -0.3 is 14.4 Å². The van der Waals surface area contributed by atoms with Crippen LogP contribution >= 0.6 is 0 Å². The summed E-state index contributed by atoms with van der Waals surface area (Å²) in [6.07, 6.45) is 4.22. The quantitative estimate of drug-likeness (QED) is 0.679. The number of rotatable bonds is 5.